The van der Waals surface area contributed by atoms with E-state index in [1.165, 1.54) is 6.08 Å². The van der Waals surface area contributed by atoms with Crippen LogP contribution in [-0.4, -0.2) is 42.4 Å². The first-order valence-corrected chi connectivity index (χ1v) is 5.07. The molecule has 5 nitrogen and oxygen atoms in total. The standard InChI is InChI=1S/C9H16ClN3O2/c10-8(11)1-2-9(12)13-3-4-15-7(5-13)6-14/h1-2,7,14H,3-6,11-12H2/b8-1-,9-2+. The van der Waals surface area contributed by atoms with Crippen molar-refractivity contribution in [1.29, 1.82) is 0 Å². The number of hydrogen-bond acceptors (Lipinski definition) is 5. The first-order valence-electron chi connectivity index (χ1n) is 4.69. The van der Waals surface area contributed by atoms with Gasteiger partial charge < -0.3 is 26.2 Å². The van der Waals surface area contributed by atoms with E-state index in [0.29, 0.717) is 25.5 Å². The van der Waals surface area contributed by atoms with E-state index in [0.717, 1.165) is 0 Å². The van der Waals surface area contributed by atoms with E-state index < -0.39 is 0 Å². The number of allylic oxidation sites excluding steroid dienone is 2. The van der Waals surface area contributed by atoms with E-state index in [-0.39, 0.29) is 17.9 Å². The minimum atomic E-state index is -0.178. The van der Waals surface area contributed by atoms with Crippen LogP contribution in [0.2, 0.25) is 0 Å². The molecule has 0 radical (unpaired) electrons. The highest BCUT2D eigenvalue weighted by molar-refractivity contribution is 6.29. The maximum Gasteiger partial charge on any atom is 0.0993 e. The number of aliphatic hydroxyl groups is 1. The lowest BCUT2D eigenvalue weighted by Crippen LogP contribution is -2.45. The van der Waals surface area contributed by atoms with Gasteiger partial charge in [0.15, 0.2) is 0 Å². The quantitative estimate of drug-likeness (QED) is 0.453. The molecule has 6 heteroatoms. The Hall–Kier alpha value is -0.910. The highest BCUT2D eigenvalue weighted by Crippen LogP contribution is 2.08. The molecule has 1 aliphatic heterocycles. The molecule has 1 fully saturated rings. The molecule has 0 aromatic heterocycles. The van der Waals surface area contributed by atoms with E-state index in [1.54, 1.807) is 6.08 Å². The van der Waals surface area contributed by atoms with Gasteiger partial charge in [0.2, 0.25) is 0 Å². The third-order valence-electron chi connectivity index (χ3n) is 2.12. The van der Waals surface area contributed by atoms with Gasteiger partial charge in [0.1, 0.15) is 0 Å². The van der Waals surface area contributed by atoms with Crippen molar-refractivity contribution < 1.29 is 9.84 Å². The van der Waals surface area contributed by atoms with Crippen LogP contribution in [0.25, 0.3) is 0 Å². The van der Waals surface area contributed by atoms with Gasteiger partial charge in [-0.05, 0) is 12.2 Å². The normalized spacial score (nSPS) is 24.4. The fourth-order valence-corrected chi connectivity index (χ4v) is 1.40. The molecule has 0 aromatic rings. The molecule has 1 atom stereocenters. The molecule has 1 rings (SSSR count). The fraction of sp³-hybridized carbons (Fsp3) is 0.556. The molecule has 1 saturated heterocycles. The van der Waals surface area contributed by atoms with Gasteiger partial charge in [0, 0.05) is 13.1 Å². The number of hydrogen-bond donors (Lipinski definition) is 3. The topological polar surface area (TPSA) is 84.7 Å². The number of rotatable bonds is 3. The zero-order valence-corrected chi connectivity index (χ0v) is 9.15. The van der Waals surface area contributed by atoms with Gasteiger partial charge in [-0.2, -0.15) is 0 Å². The number of nitrogens with zero attached hydrogens (tertiary/aromatic N) is 1. The van der Waals surface area contributed by atoms with Crippen LogP contribution in [-0.2, 0) is 4.74 Å². The number of nitrogens with two attached hydrogens (primary N) is 2. The summed E-state index contributed by atoms with van der Waals surface area (Å²) in [5.41, 5.74) is 11.1. The largest absolute Gasteiger partial charge is 0.394 e. The average Bonchev–Trinajstić information content (AvgIpc) is 2.26. The molecule has 0 amide bonds. The molecule has 86 valence electrons. The van der Waals surface area contributed by atoms with E-state index in [1.807, 2.05) is 4.90 Å². The van der Waals surface area contributed by atoms with Gasteiger partial charge in [0.05, 0.1) is 30.3 Å². The molecular formula is C9H16ClN3O2. The van der Waals surface area contributed by atoms with Gasteiger partial charge in [0.25, 0.3) is 0 Å². The summed E-state index contributed by atoms with van der Waals surface area (Å²) >= 11 is 5.47. The van der Waals surface area contributed by atoms with E-state index in [4.69, 9.17) is 32.9 Å². The van der Waals surface area contributed by atoms with Crippen LogP contribution in [0.3, 0.4) is 0 Å². The lowest BCUT2D eigenvalue weighted by Gasteiger charge is -2.33. The summed E-state index contributed by atoms with van der Waals surface area (Å²) in [5, 5.41) is 9.13. The van der Waals surface area contributed by atoms with Crippen molar-refractivity contribution in [3.63, 3.8) is 0 Å². The van der Waals surface area contributed by atoms with Crippen molar-refractivity contribution in [1.82, 2.24) is 4.90 Å². The Morgan fingerprint density at radius 2 is 2.27 bits per heavy atom. The van der Waals surface area contributed by atoms with Crippen LogP contribution < -0.4 is 11.5 Å². The lowest BCUT2D eigenvalue weighted by atomic mass is 10.3. The highest BCUT2D eigenvalue weighted by atomic mass is 35.5. The molecule has 1 aliphatic rings. The maximum atomic E-state index is 8.94. The summed E-state index contributed by atoms with van der Waals surface area (Å²) in [6.45, 7) is 1.83. The summed E-state index contributed by atoms with van der Waals surface area (Å²) in [5.74, 6) is 0.570. The first-order chi connectivity index (χ1) is 7.13. The average molecular weight is 234 g/mol. The molecule has 0 aliphatic carbocycles. The number of aliphatic hydroxyl groups excluding tert-OH is 1. The zero-order chi connectivity index (χ0) is 11.3. The minimum absolute atomic E-state index is 0.00271. The molecule has 1 unspecified atom stereocenters. The second kappa shape index (κ2) is 5.85. The summed E-state index contributed by atoms with van der Waals surface area (Å²) in [6.07, 6.45) is 2.99. The Labute approximate surface area is 93.9 Å². The van der Waals surface area contributed by atoms with Crippen molar-refractivity contribution in [2.75, 3.05) is 26.3 Å². The number of halogens is 1. The summed E-state index contributed by atoms with van der Waals surface area (Å²) in [7, 11) is 0. The fourth-order valence-electron chi connectivity index (χ4n) is 1.33. The molecule has 0 spiro atoms. The maximum absolute atomic E-state index is 8.94. The Bertz CT molecular complexity index is 264. The van der Waals surface area contributed by atoms with Crippen LogP contribution in [0.5, 0.6) is 0 Å². The molecule has 0 bridgehead atoms. The monoisotopic (exact) mass is 233 g/mol. The molecule has 5 N–H and O–H groups in total. The second-order valence-electron chi connectivity index (χ2n) is 3.26. The predicted octanol–water partition coefficient (Wildman–Crippen LogP) is -0.482. The third kappa shape index (κ3) is 3.99. The molecular weight excluding hydrogens is 218 g/mol. The Kier molecular flexibility index (Phi) is 4.74. The Morgan fingerprint density at radius 3 is 2.87 bits per heavy atom. The summed E-state index contributed by atoms with van der Waals surface area (Å²) in [6, 6.07) is 0. The Morgan fingerprint density at radius 1 is 1.53 bits per heavy atom. The summed E-state index contributed by atoms with van der Waals surface area (Å²) in [4.78, 5) is 1.92. The summed E-state index contributed by atoms with van der Waals surface area (Å²) < 4.78 is 5.29. The van der Waals surface area contributed by atoms with Crippen LogP contribution in [0.4, 0.5) is 0 Å². The van der Waals surface area contributed by atoms with Gasteiger partial charge in [-0.25, -0.2) is 0 Å². The third-order valence-corrected chi connectivity index (χ3v) is 2.25. The number of morpholine rings is 1. The molecule has 0 saturated carbocycles. The van der Waals surface area contributed by atoms with Crippen molar-refractivity contribution in [3.05, 3.63) is 23.1 Å². The SMILES string of the molecule is N/C(Cl)=C\C=C(/N)N1CCOC(CO)C1. The van der Waals surface area contributed by atoms with E-state index in [9.17, 15) is 0 Å². The molecule has 1 heterocycles. The van der Waals surface area contributed by atoms with Crippen molar-refractivity contribution in [2.45, 2.75) is 6.10 Å². The van der Waals surface area contributed by atoms with Gasteiger partial charge in [-0.15, -0.1) is 0 Å². The van der Waals surface area contributed by atoms with Crippen LogP contribution in [0, 0.1) is 0 Å². The predicted molar refractivity (Wildman–Crippen MR) is 58.8 cm³/mol. The van der Waals surface area contributed by atoms with Gasteiger partial charge in [-0.1, -0.05) is 11.6 Å². The van der Waals surface area contributed by atoms with Crippen LogP contribution >= 0.6 is 11.6 Å². The lowest BCUT2D eigenvalue weighted by molar-refractivity contribution is -0.0434. The smallest absolute Gasteiger partial charge is 0.0993 e. The minimum Gasteiger partial charge on any atom is -0.394 e. The van der Waals surface area contributed by atoms with Gasteiger partial charge >= 0.3 is 0 Å². The highest BCUT2D eigenvalue weighted by Gasteiger charge is 2.19. The van der Waals surface area contributed by atoms with Gasteiger partial charge in [-0.3, -0.25) is 0 Å². The second-order valence-corrected chi connectivity index (χ2v) is 3.70. The number of ether oxygens (including phenoxy) is 1. The molecule has 15 heavy (non-hydrogen) atoms. The van der Waals surface area contributed by atoms with E-state index >= 15 is 0 Å². The van der Waals surface area contributed by atoms with Crippen LogP contribution in [0.1, 0.15) is 0 Å². The zero-order valence-electron chi connectivity index (χ0n) is 8.40. The van der Waals surface area contributed by atoms with Crippen molar-refractivity contribution in [2.24, 2.45) is 11.5 Å². The van der Waals surface area contributed by atoms with Crippen molar-refractivity contribution in [3.8, 4) is 0 Å². The van der Waals surface area contributed by atoms with Crippen LogP contribution in [0.15, 0.2) is 23.1 Å². The Balaban J connectivity index is 2.55. The van der Waals surface area contributed by atoms with Crippen molar-refractivity contribution >= 4 is 11.6 Å². The van der Waals surface area contributed by atoms with E-state index in [2.05, 4.69) is 0 Å². The first kappa shape index (κ1) is 12.2. The molecule has 0 aromatic carbocycles.